The zero-order valence-electron chi connectivity index (χ0n) is 16.0. The average Bonchev–Trinajstić information content (AvgIpc) is 2.97. The maximum atomic E-state index is 12.0. The molecule has 1 aliphatic carbocycles. The van der Waals surface area contributed by atoms with Crippen molar-refractivity contribution in [2.45, 2.75) is 39.4 Å². The smallest absolute Gasteiger partial charge is 0.334 e. The first-order chi connectivity index (χ1) is 13.0. The van der Waals surface area contributed by atoms with Gasteiger partial charge in [-0.1, -0.05) is 18.7 Å². The van der Waals surface area contributed by atoms with Crippen LogP contribution in [0.25, 0.3) is 0 Å². The summed E-state index contributed by atoms with van der Waals surface area (Å²) in [7, 11) is 1.66. The minimum Gasteiger partial charge on any atom is -0.497 e. The van der Waals surface area contributed by atoms with Gasteiger partial charge in [-0.15, -0.1) is 0 Å². The lowest BCUT2D eigenvalue weighted by molar-refractivity contribution is -0.139. The highest BCUT2D eigenvalue weighted by Crippen LogP contribution is 2.49. The Morgan fingerprint density at radius 2 is 1.96 bits per heavy atom. The van der Waals surface area contributed by atoms with Gasteiger partial charge in [0.05, 0.1) is 7.11 Å². The van der Waals surface area contributed by atoms with E-state index in [0.717, 1.165) is 41.0 Å². The molecule has 1 fully saturated rings. The molecular weight excluding hydrogens is 340 g/mol. The van der Waals surface area contributed by atoms with E-state index in [0.29, 0.717) is 12.2 Å². The molecule has 0 unspecified atom stereocenters. The van der Waals surface area contributed by atoms with E-state index in [-0.39, 0.29) is 18.0 Å². The molecule has 4 nitrogen and oxygen atoms in total. The van der Waals surface area contributed by atoms with E-state index in [1.54, 1.807) is 7.11 Å². The fourth-order valence-corrected chi connectivity index (χ4v) is 4.21. The van der Waals surface area contributed by atoms with Crippen LogP contribution in [0.3, 0.4) is 0 Å². The van der Waals surface area contributed by atoms with Crippen LogP contribution in [0.5, 0.6) is 11.5 Å². The molecule has 2 atom stereocenters. The molecule has 0 bridgehead atoms. The summed E-state index contributed by atoms with van der Waals surface area (Å²) in [4.78, 5) is 12.0. The van der Waals surface area contributed by atoms with Crippen LogP contribution in [-0.2, 0) is 22.6 Å². The largest absolute Gasteiger partial charge is 0.497 e. The van der Waals surface area contributed by atoms with Gasteiger partial charge >= 0.3 is 5.97 Å². The summed E-state index contributed by atoms with van der Waals surface area (Å²) in [6.07, 6.45) is 1.63. The Kier molecular flexibility index (Phi) is 4.42. The zero-order chi connectivity index (χ0) is 19.1. The molecule has 2 aliphatic rings. The van der Waals surface area contributed by atoms with Gasteiger partial charge < -0.3 is 14.2 Å². The molecule has 0 amide bonds. The lowest BCUT2D eigenvalue weighted by Gasteiger charge is -2.30. The van der Waals surface area contributed by atoms with Crippen molar-refractivity contribution in [1.29, 1.82) is 0 Å². The molecule has 4 heteroatoms. The van der Waals surface area contributed by atoms with Crippen LogP contribution < -0.4 is 9.47 Å². The maximum Gasteiger partial charge on any atom is 0.334 e. The first-order valence-electron chi connectivity index (χ1n) is 9.28. The van der Waals surface area contributed by atoms with Gasteiger partial charge in [0.1, 0.15) is 24.2 Å². The number of rotatable bonds is 4. The fourth-order valence-electron chi connectivity index (χ4n) is 4.21. The molecule has 4 rings (SSSR count). The number of hydrogen-bond donors (Lipinski definition) is 0. The Morgan fingerprint density at radius 1 is 1.22 bits per heavy atom. The van der Waals surface area contributed by atoms with Crippen LogP contribution in [-0.4, -0.2) is 13.1 Å². The lowest BCUT2D eigenvalue weighted by atomic mass is 9.76. The normalized spacial score (nSPS) is 20.7. The topological polar surface area (TPSA) is 44.8 Å². The number of ether oxygens (including phenoxy) is 3. The third-order valence-electron chi connectivity index (χ3n) is 5.77. The lowest BCUT2D eigenvalue weighted by Crippen LogP contribution is -2.20. The Labute approximate surface area is 159 Å². The van der Waals surface area contributed by atoms with Crippen LogP contribution in [0, 0.1) is 19.8 Å². The fraction of sp³-hybridized carbons (Fsp3) is 0.348. The number of aryl methyl sites for hydroxylation is 1. The van der Waals surface area contributed by atoms with Gasteiger partial charge in [-0.05, 0) is 67.1 Å². The van der Waals surface area contributed by atoms with E-state index in [1.165, 1.54) is 11.1 Å². The number of hydrogen-bond acceptors (Lipinski definition) is 4. The second-order valence-corrected chi connectivity index (χ2v) is 7.34. The van der Waals surface area contributed by atoms with Gasteiger partial charge in [0.15, 0.2) is 0 Å². The standard InChI is InChI=1S/C23H24O4/c1-13-11-20(26-12-16-5-7-17(25-4)8-6-16)15(3)21-18(13)9-10-19-14(2)23(24)27-22(19)21/h5-8,11,19,22H,2,9-10,12H2,1,3-4H3/t19-,22+/m0/s1. The monoisotopic (exact) mass is 364 g/mol. The van der Waals surface area contributed by atoms with Crippen LogP contribution in [0.2, 0.25) is 0 Å². The molecule has 0 saturated carbocycles. The second-order valence-electron chi connectivity index (χ2n) is 7.34. The van der Waals surface area contributed by atoms with Crippen molar-refractivity contribution in [1.82, 2.24) is 0 Å². The molecule has 2 aromatic carbocycles. The van der Waals surface area contributed by atoms with E-state index >= 15 is 0 Å². The number of esters is 1. The second kappa shape index (κ2) is 6.76. The molecule has 27 heavy (non-hydrogen) atoms. The van der Waals surface area contributed by atoms with Crippen LogP contribution in [0.4, 0.5) is 0 Å². The molecule has 140 valence electrons. The average molecular weight is 364 g/mol. The van der Waals surface area contributed by atoms with Gasteiger partial charge in [-0.25, -0.2) is 4.79 Å². The van der Waals surface area contributed by atoms with E-state index in [4.69, 9.17) is 14.2 Å². The summed E-state index contributed by atoms with van der Waals surface area (Å²) in [5.41, 5.74) is 6.32. The summed E-state index contributed by atoms with van der Waals surface area (Å²) in [5, 5.41) is 0. The SMILES string of the molecule is C=C1C(=O)O[C@H]2c3c(C)c(OCc4ccc(OC)cc4)cc(C)c3CC[C@@H]12. The maximum absolute atomic E-state index is 12.0. The molecule has 0 spiro atoms. The van der Waals surface area contributed by atoms with Crippen LogP contribution >= 0.6 is 0 Å². The van der Waals surface area contributed by atoms with Crippen molar-refractivity contribution in [3.05, 3.63) is 70.3 Å². The molecule has 1 aliphatic heterocycles. The predicted octanol–water partition coefficient (Wildman–Crippen LogP) is 4.61. The highest BCUT2D eigenvalue weighted by atomic mass is 16.6. The third-order valence-corrected chi connectivity index (χ3v) is 5.77. The Hall–Kier alpha value is -2.75. The minimum atomic E-state index is -0.264. The number of carbonyl (C=O) groups is 1. The van der Waals surface area contributed by atoms with Crippen molar-refractivity contribution >= 4 is 5.97 Å². The molecule has 1 heterocycles. The quantitative estimate of drug-likeness (QED) is 0.587. The third kappa shape index (κ3) is 2.99. The van der Waals surface area contributed by atoms with E-state index in [1.807, 2.05) is 24.3 Å². The summed E-state index contributed by atoms with van der Waals surface area (Å²) < 4.78 is 17.0. The van der Waals surface area contributed by atoms with Crippen molar-refractivity contribution < 1.29 is 19.0 Å². The van der Waals surface area contributed by atoms with Gasteiger partial charge in [-0.3, -0.25) is 0 Å². The summed E-state index contributed by atoms with van der Waals surface area (Å²) >= 11 is 0. The number of fused-ring (bicyclic) bond motifs is 3. The number of carbonyl (C=O) groups excluding carboxylic acids is 1. The number of benzene rings is 2. The zero-order valence-corrected chi connectivity index (χ0v) is 16.0. The van der Waals surface area contributed by atoms with E-state index < -0.39 is 0 Å². The Balaban J connectivity index is 1.63. The van der Waals surface area contributed by atoms with Gasteiger partial charge in [-0.2, -0.15) is 0 Å². The summed E-state index contributed by atoms with van der Waals surface area (Å²) in [6.45, 7) is 8.57. The Bertz CT molecular complexity index is 911. The van der Waals surface area contributed by atoms with Crippen molar-refractivity contribution in [3.63, 3.8) is 0 Å². The minimum absolute atomic E-state index is 0.0833. The number of methoxy groups -OCH3 is 1. The van der Waals surface area contributed by atoms with Gasteiger partial charge in [0.25, 0.3) is 0 Å². The molecule has 0 N–H and O–H groups in total. The molecule has 0 aromatic heterocycles. The van der Waals surface area contributed by atoms with E-state index in [9.17, 15) is 4.79 Å². The predicted molar refractivity (Wildman–Crippen MR) is 103 cm³/mol. The highest BCUT2D eigenvalue weighted by Gasteiger charge is 2.44. The van der Waals surface area contributed by atoms with E-state index in [2.05, 4.69) is 26.5 Å². The summed E-state index contributed by atoms with van der Waals surface area (Å²) in [5.74, 6) is 1.49. The van der Waals surface area contributed by atoms with Crippen molar-refractivity contribution in [3.8, 4) is 11.5 Å². The van der Waals surface area contributed by atoms with Crippen LogP contribution in [0.15, 0.2) is 42.5 Å². The molecule has 1 saturated heterocycles. The highest BCUT2D eigenvalue weighted by molar-refractivity contribution is 5.91. The summed E-state index contributed by atoms with van der Waals surface area (Å²) in [6, 6.07) is 9.95. The molecule has 2 aromatic rings. The first-order valence-corrected chi connectivity index (χ1v) is 9.28. The van der Waals surface area contributed by atoms with Crippen molar-refractivity contribution in [2.24, 2.45) is 5.92 Å². The Morgan fingerprint density at radius 3 is 2.67 bits per heavy atom. The van der Waals surface area contributed by atoms with Gasteiger partial charge in [0.2, 0.25) is 0 Å². The van der Waals surface area contributed by atoms with Crippen LogP contribution in [0.1, 0.15) is 40.3 Å². The van der Waals surface area contributed by atoms with Gasteiger partial charge in [0, 0.05) is 17.1 Å². The molecule has 0 radical (unpaired) electrons. The van der Waals surface area contributed by atoms with Crippen molar-refractivity contribution in [2.75, 3.05) is 7.11 Å². The first kappa shape index (κ1) is 17.7. The molecular formula is C23H24O4.